The summed E-state index contributed by atoms with van der Waals surface area (Å²) in [7, 11) is 0. The molecule has 0 rings (SSSR count). The lowest BCUT2D eigenvalue weighted by molar-refractivity contribution is -0.157. The standard InChI is InChI=1S/C15H26N2O4S/c1-14(2,3)20-12(18)11(8-7-9-16-10-22)17-13(19)21-15(4,5)6/h11H,7-9H2,1-6H3,(H,17,19)/t11-/m0/s1. The number of rotatable bonds is 6. The molecule has 0 aliphatic carbocycles. The molecule has 0 unspecified atom stereocenters. The van der Waals surface area contributed by atoms with Crippen molar-refractivity contribution in [2.24, 2.45) is 4.99 Å². The first-order valence-corrected chi connectivity index (χ1v) is 7.61. The van der Waals surface area contributed by atoms with Crippen LogP contribution in [0.15, 0.2) is 4.99 Å². The number of thiocarbonyl (C=S) groups is 1. The highest BCUT2D eigenvalue weighted by Crippen LogP contribution is 2.12. The number of esters is 1. The van der Waals surface area contributed by atoms with Gasteiger partial charge in [-0.3, -0.25) is 0 Å². The van der Waals surface area contributed by atoms with E-state index in [0.29, 0.717) is 19.4 Å². The second kappa shape index (κ2) is 8.86. The molecule has 0 aromatic rings. The van der Waals surface area contributed by atoms with Gasteiger partial charge in [-0.05, 0) is 66.6 Å². The molecule has 0 saturated carbocycles. The van der Waals surface area contributed by atoms with E-state index in [9.17, 15) is 9.59 Å². The predicted molar refractivity (Wildman–Crippen MR) is 88.1 cm³/mol. The Balaban J connectivity index is 4.73. The van der Waals surface area contributed by atoms with E-state index >= 15 is 0 Å². The number of hydrogen-bond donors (Lipinski definition) is 1. The van der Waals surface area contributed by atoms with E-state index in [1.165, 1.54) is 0 Å². The molecule has 6 nitrogen and oxygen atoms in total. The second-order valence-electron chi connectivity index (χ2n) is 6.85. The number of carbonyl (C=O) groups is 2. The summed E-state index contributed by atoms with van der Waals surface area (Å²) in [6.07, 6.45) is 0.305. The van der Waals surface area contributed by atoms with Crippen molar-refractivity contribution in [3.63, 3.8) is 0 Å². The van der Waals surface area contributed by atoms with Crippen LogP contribution in [0.2, 0.25) is 0 Å². The summed E-state index contributed by atoms with van der Waals surface area (Å²) in [4.78, 5) is 27.8. The lowest BCUT2D eigenvalue weighted by atomic mass is 10.1. The van der Waals surface area contributed by atoms with Crippen molar-refractivity contribution in [3.8, 4) is 0 Å². The second-order valence-corrected chi connectivity index (χ2v) is 7.03. The maximum atomic E-state index is 12.2. The highest BCUT2D eigenvalue weighted by molar-refractivity contribution is 7.78. The van der Waals surface area contributed by atoms with Gasteiger partial charge in [0.25, 0.3) is 0 Å². The average Bonchev–Trinajstić information content (AvgIpc) is 2.28. The Bertz CT molecular complexity index is 432. The first-order chi connectivity index (χ1) is 9.94. The predicted octanol–water partition coefficient (Wildman–Crippen LogP) is 3.10. The molecular weight excluding hydrogens is 304 g/mol. The number of carbonyl (C=O) groups excluding carboxylic acids is 2. The van der Waals surface area contributed by atoms with Crippen LogP contribution >= 0.6 is 12.2 Å². The molecule has 0 spiro atoms. The van der Waals surface area contributed by atoms with E-state index in [-0.39, 0.29) is 0 Å². The van der Waals surface area contributed by atoms with Gasteiger partial charge in [-0.25, -0.2) is 14.6 Å². The minimum absolute atomic E-state index is 0.384. The quantitative estimate of drug-likeness (QED) is 0.350. The maximum absolute atomic E-state index is 12.2. The Morgan fingerprint density at radius 1 is 1.14 bits per heavy atom. The highest BCUT2D eigenvalue weighted by Gasteiger charge is 2.28. The summed E-state index contributed by atoms with van der Waals surface area (Å²) in [6.45, 7) is 11.0. The van der Waals surface area contributed by atoms with Crippen LogP contribution in [-0.4, -0.2) is 41.0 Å². The molecule has 1 amide bonds. The highest BCUT2D eigenvalue weighted by atomic mass is 32.1. The van der Waals surface area contributed by atoms with E-state index < -0.39 is 29.3 Å². The van der Waals surface area contributed by atoms with Gasteiger partial charge in [0.15, 0.2) is 0 Å². The van der Waals surface area contributed by atoms with Crippen molar-refractivity contribution in [1.82, 2.24) is 5.32 Å². The fourth-order valence-electron chi connectivity index (χ4n) is 1.49. The third kappa shape index (κ3) is 11.2. The molecule has 7 heteroatoms. The summed E-state index contributed by atoms with van der Waals surface area (Å²) in [6, 6.07) is -0.783. The SMILES string of the molecule is CC(C)(C)OC(=O)N[C@@H](CCCN=C=S)C(=O)OC(C)(C)C. The Kier molecular flexibility index (Phi) is 8.27. The summed E-state index contributed by atoms with van der Waals surface area (Å²) >= 11 is 4.49. The largest absolute Gasteiger partial charge is 0.458 e. The molecular formula is C15H26N2O4S. The minimum Gasteiger partial charge on any atom is -0.458 e. The monoisotopic (exact) mass is 330 g/mol. The van der Waals surface area contributed by atoms with Gasteiger partial charge in [-0.1, -0.05) is 0 Å². The van der Waals surface area contributed by atoms with Gasteiger partial charge in [0.2, 0.25) is 0 Å². The van der Waals surface area contributed by atoms with Crippen molar-refractivity contribution < 1.29 is 19.1 Å². The van der Waals surface area contributed by atoms with Crippen LogP contribution in [0, 0.1) is 0 Å². The van der Waals surface area contributed by atoms with Gasteiger partial charge < -0.3 is 14.8 Å². The molecule has 1 atom stereocenters. The zero-order valence-corrected chi connectivity index (χ0v) is 15.0. The van der Waals surface area contributed by atoms with Gasteiger partial charge in [0.05, 0.1) is 5.16 Å². The molecule has 22 heavy (non-hydrogen) atoms. The fourth-order valence-corrected chi connectivity index (χ4v) is 1.58. The minimum atomic E-state index is -0.783. The number of nitrogens with one attached hydrogen (secondary N) is 1. The van der Waals surface area contributed by atoms with Crippen molar-refractivity contribution in [3.05, 3.63) is 0 Å². The molecule has 0 fully saturated rings. The van der Waals surface area contributed by atoms with Crippen LogP contribution in [0.5, 0.6) is 0 Å². The number of hydrogen-bond acceptors (Lipinski definition) is 6. The van der Waals surface area contributed by atoms with Crippen LogP contribution in [0.25, 0.3) is 0 Å². The maximum Gasteiger partial charge on any atom is 0.408 e. The molecule has 0 aliphatic heterocycles. The topological polar surface area (TPSA) is 77.0 Å². The van der Waals surface area contributed by atoms with E-state index in [0.717, 1.165) is 0 Å². The van der Waals surface area contributed by atoms with Crippen LogP contribution in [-0.2, 0) is 14.3 Å². The Hall–Kier alpha value is -1.46. The third-order valence-corrected chi connectivity index (χ3v) is 2.34. The Morgan fingerprint density at radius 2 is 1.68 bits per heavy atom. The molecule has 0 heterocycles. The zero-order chi connectivity index (χ0) is 17.4. The van der Waals surface area contributed by atoms with E-state index in [1.807, 2.05) is 0 Å². The third-order valence-electron chi connectivity index (χ3n) is 2.21. The van der Waals surface area contributed by atoms with Gasteiger partial charge in [0, 0.05) is 6.54 Å². The van der Waals surface area contributed by atoms with E-state index in [1.54, 1.807) is 41.5 Å². The zero-order valence-electron chi connectivity index (χ0n) is 14.2. The number of amides is 1. The van der Waals surface area contributed by atoms with Crippen LogP contribution in [0.4, 0.5) is 4.79 Å². The lowest BCUT2D eigenvalue weighted by Gasteiger charge is -2.26. The molecule has 126 valence electrons. The Labute approximate surface area is 137 Å². The van der Waals surface area contributed by atoms with Gasteiger partial charge in [-0.15, -0.1) is 0 Å². The molecule has 0 saturated heterocycles. The fraction of sp³-hybridized carbons (Fsp3) is 0.800. The Morgan fingerprint density at radius 3 is 2.14 bits per heavy atom. The van der Waals surface area contributed by atoms with Crippen molar-refractivity contribution >= 4 is 29.4 Å². The molecule has 0 aromatic carbocycles. The summed E-state index contributed by atoms with van der Waals surface area (Å²) in [5.74, 6) is -0.496. The van der Waals surface area contributed by atoms with E-state index in [4.69, 9.17) is 9.47 Å². The number of isothiocyanates is 1. The number of alkyl carbamates (subject to hydrolysis) is 1. The number of nitrogens with zero attached hydrogens (tertiary/aromatic N) is 1. The van der Waals surface area contributed by atoms with Crippen molar-refractivity contribution in [2.45, 2.75) is 71.6 Å². The number of ether oxygens (including phenoxy) is 2. The van der Waals surface area contributed by atoms with Gasteiger partial charge in [-0.2, -0.15) is 0 Å². The molecule has 0 radical (unpaired) electrons. The normalized spacial score (nSPS) is 12.8. The van der Waals surface area contributed by atoms with Crippen LogP contribution < -0.4 is 5.32 Å². The first-order valence-electron chi connectivity index (χ1n) is 7.20. The van der Waals surface area contributed by atoms with Crippen molar-refractivity contribution in [1.29, 1.82) is 0 Å². The number of aliphatic imine (C=N–C) groups is 1. The van der Waals surface area contributed by atoms with Gasteiger partial charge >= 0.3 is 12.1 Å². The van der Waals surface area contributed by atoms with Crippen LogP contribution in [0.3, 0.4) is 0 Å². The van der Waals surface area contributed by atoms with E-state index in [2.05, 4.69) is 27.7 Å². The lowest BCUT2D eigenvalue weighted by Crippen LogP contribution is -2.46. The van der Waals surface area contributed by atoms with Gasteiger partial charge in [0.1, 0.15) is 17.2 Å². The molecule has 0 bridgehead atoms. The first kappa shape index (κ1) is 20.5. The summed E-state index contributed by atoms with van der Waals surface area (Å²) in [5.41, 5.74) is -1.26. The molecule has 1 N–H and O–H groups in total. The molecule has 0 aromatic heterocycles. The average molecular weight is 330 g/mol. The smallest absolute Gasteiger partial charge is 0.408 e. The molecule has 0 aliphatic rings. The van der Waals surface area contributed by atoms with Crippen molar-refractivity contribution in [2.75, 3.05) is 6.54 Å². The van der Waals surface area contributed by atoms with Crippen LogP contribution in [0.1, 0.15) is 54.4 Å². The summed E-state index contributed by atoms with van der Waals surface area (Å²) < 4.78 is 10.5. The summed E-state index contributed by atoms with van der Waals surface area (Å²) in [5, 5.41) is 4.81.